The molecule has 0 aliphatic carbocycles. The molecule has 0 saturated heterocycles. The molecule has 0 unspecified atom stereocenters. The lowest BCUT2D eigenvalue weighted by atomic mass is 10.1. The lowest BCUT2D eigenvalue weighted by Crippen LogP contribution is -2.40. The van der Waals surface area contributed by atoms with Crippen LogP contribution in [0.25, 0.3) is 0 Å². The third-order valence-corrected chi connectivity index (χ3v) is 6.49. The number of amides is 1. The summed E-state index contributed by atoms with van der Waals surface area (Å²) in [4.78, 5) is 55.1. The van der Waals surface area contributed by atoms with E-state index in [2.05, 4.69) is 30.6 Å². The first-order valence-electron chi connectivity index (χ1n) is 12.6. The molecule has 0 aromatic carbocycles. The van der Waals surface area contributed by atoms with Gasteiger partial charge in [0.05, 0.1) is 30.1 Å². The highest BCUT2D eigenvalue weighted by atomic mass is 19.4. The van der Waals surface area contributed by atoms with Gasteiger partial charge in [0.1, 0.15) is 17.3 Å². The Hall–Kier alpha value is -5.14. The van der Waals surface area contributed by atoms with Gasteiger partial charge in [-0.3, -0.25) is 28.7 Å². The van der Waals surface area contributed by atoms with Crippen LogP contribution in [0, 0.1) is 6.92 Å². The van der Waals surface area contributed by atoms with Crippen molar-refractivity contribution in [1.29, 1.82) is 0 Å². The summed E-state index contributed by atoms with van der Waals surface area (Å²) >= 11 is 0. The molecule has 1 amide bonds. The van der Waals surface area contributed by atoms with E-state index in [-0.39, 0.29) is 35.9 Å². The van der Waals surface area contributed by atoms with Crippen molar-refractivity contribution in [2.45, 2.75) is 33.5 Å². The number of carbonyl (C=O) groups is 1. The van der Waals surface area contributed by atoms with Crippen LogP contribution in [0.15, 0.2) is 85.5 Å². The Morgan fingerprint density at radius 2 is 1.93 bits per heavy atom. The maximum atomic E-state index is 13.0. The molecule has 1 aliphatic rings. The van der Waals surface area contributed by atoms with E-state index < -0.39 is 29.0 Å². The molecule has 3 aromatic heterocycles. The molecule has 0 fully saturated rings. The minimum Gasteiger partial charge on any atom is -0.382 e. The first kappa shape index (κ1) is 29.8. The van der Waals surface area contributed by atoms with Crippen molar-refractivity contribution in [3.8, 4) is 0 Å². The minimum absolute atomic E-state index is 0.0136. The first-order chi connectivity index (χ1) is 19.9. The maximum absolute atomic E-state index is 13.0. The maximum Gasteiger partial charge on any atom is 0.433 e. The summed E-state index contributed by atoms with van der Waals surface area (Å²) in [5, 5.41) is 5.57. The second kappa shape index (κ2) is 12.2. The monoisotopic (exact) mass is 580 g/mol. The van der Waals surface area contributed by atoms with Gasteiger partial charge in [-0.15, -0.1) is 0 Å². The van der Waals surface area contributed by atoms with Crippen LogP contribution in [-0.2, 0) is 24.6 Å². The summed E-state index contributed by atoms with van der Waals surface area (Å²) in [6, 6.07) is 7.34. The molecule has 14 heteroatoms. The summed E-state index contributed by atoms with van der Waals surface area (Å²) in [5.41, 5.74) is 0.229. The Morgan fingerprint density at radius 1 is 1.17 bits per heavy atom. The van der Waals surface area contributed by atoms with Crippen molar-refractivity contribution in [1.82, 2.24) is 29.7 Å². The fraction of sp³-hybridized carbons (Fsp3) is 0.250. The highest BCUT2D eigenvalue weighted by Crippen LogP contribution is 2.27. The van der Waals surface area contributed by atoms with Crippen LogP contribution in [-0.4, -0.2) is 43.5 Å². The molecule has 3 aromatic rings. The zero-order valence-corrected chi connectivity index (χ0v) is 23.2. The lowest BCUT2D eigenvalue weighted by molar-refractivity contribution is -0.141. The molecule has 42 heavy (non-hydrogen) atoms. The number of alkyl halides is 3. The molecule has 2 N–H and O–H groups in total. The molecule has 0 radical (unpaired) electrons. The Balaban J connectivity index is 1.51. The summed E-state index contributed by atoms with van der Waals surface area (Å²) in [6.07, 6.45) is 0.950. The quantitative estimate of drug-likeness (QED) is 0.326. The molecular weight excluding hydrogens is 553 g/mol. The van der Waals surface area contributed by atoms with Crippen LogP contribution < -0.4 is 21.9 Å². The Morgan fingerprint density at radius 3 is 2.57 bits per heavy atom. The molecular formula is C28H27F3N8O3. The normalized spacial score (nSPS) is 14.2. The lowest BCUT2D eigenvalue weighted by Gasteiger charge is -2.16. The van der Waals surface area contributed by atoms with Gasteiger partial charge >= 0.3 is 11.9 Å². The van der Waals surface area contributed by atoms with E-state index in [0.717, 1.165) is 16.8 Å². The predicted molar refractivity (Wildman–Crippen MR) is 151 cm³/mol. The van der Waals surface area contributed by atoms with E-state index in [1.54, 1.807) is 45.2 Å². The van der Waals surface area contributed by atoms with E-state index >= 15 is 0 Å². The van der Waals surface area contributed by atoms with E-state index in [4.69, 9.17) is 0 Å². The van der Waals surface area contributed by atoms with Gasteiger partial charge in [0, 0.05) is 43.0 Å². The second-order valence-electron chi connectivity index (χ2n) is 9.42. The smallest absolute Gasteiger partial charge is 0.382 e. The van der Waals surface area contributed by atoms with E-state index in [9.17, 15) is 27.6 Å². The van der Waals surface area contributed by atoms with Crippen LogP contribution in [0.3, 0.4) is 0 Å². The number of pyridine rings is 2. The SMILES string of the molecule is CC(/C=N\c1c(C)c(=O)n(Cc2ccccn2)c(=O)n1C)=C(\C)C(=O)NC1=CNCC(c2ccc(C(F)(F)F)nc2)=N1. The molecule has 4 heterocycles. The number of aromatic nitrogens is 4. The largest absolute Gasteiger partial charge is 0.433 e. The number of nitrogens with one attached hydrogen (secondary N) is 2. The van der Waals surface area contributed by atoms with Crippen LogP contribution >= 0.6 is 0 Å². The fourth-order valence-corrected chi connectivity index (χ4v) is 3.95. The highest BCUT2D eigenvalue weighted by molar-refractivity contribution is 6.04. The van der Waals surface area contributed by atoms with Crippen molar-refractivity contribution >= 4 is 23.7 Å². The molecule has 11 nitrogen and oxygen atoms in total. The van der Waals surface area contributed by atoms with E-state index in [0.29, 0.717) is 22.5 Å². The molecule has 218 valence electrons. The van der Waals surface area contributed by atoms with Gasteiger partial charge in [-0.1, -0.05) is 6.07 Å². The van der Waals surface area contributed by atoms with Crippen LogP contribution in [0.2, 0.25) is 0 Å². The summed E-state index contributed by atoms with van der Waals surface area (Å²) in [7, 11) is 1.50. The average Bonchev–Trinajstić information content (AvgIpc) is 2.98. The summed E-state index contributed by atoms with van der Waals surface area (Å²) in [6.45, 7) is 5.01. The topological polar surface area (TPSA) is 136 Å². The number of rotatable bonds is 7. The molecule has 0 atom stereocenters. The predicted octanol–water partition coefficient (Wildman–Crippen LogP) is 2.76. The number of carbonyl (C=O) groups excluding carboxylic acids is 1. The number of halogens is 3. The van der Waals surface area contributed by atoms with Crippen molar-refractivity contribution < 1.29 is 18.0 Å². The Labute approximate surface area is 237 Å². The third-order valence-electron chi connectivity index (χ3n) is 6.49. The molecule has 0 bridgehead atoms. The fourth-order valence-electron chi connectivity index (χ4n) is 3.95. The van der Waals surface area contributed by atoms with E-state index in [1.165, 1.54) is 30.1 Å². The molecule has 1 aliphatic heterocycles. The zero-order valence-electron chi connectivity index (χ0n) is 23.2. The number of hydrogen-bond donors (Lipinski definition) is 2. The second-order valence-corrected chi connectivity index (χ2v) is 9.42. The molecule has 0 spiro atoms. The summed E-state index contributed by atoms with van der Waals surface area (Å²) < 4.78 is 40.8. The van der Waals surface area contributed by atoms with Crippen LogP contribution in [0.5, 0.6) is 0 Å². The minimum atomic E-state index is -4.55. The van der Waals surface area contributed by atoms with Gasteiger partial charge in [0.25, 0.3) is 11.5 Å². The number of hydrogen-bond acceptors (Lipinski definition) is 8. The van der Waals surface area contributed by atoms with Crippen LogP contribution in [0.4, 0.5) is 19.0 Å². The number of nitrogens with zero attached hydrogens (tertiary/aromatic N) is 6. The third kappa shape index (κ3) is 6.59. The van der Waals surface area contributed by atoms with Crippen molar-refractivity contribution in [2.24, 2.45) is 17.0 Å². The van der Waals surface area contributed by atoms with Gasteiger partial charge in [0.2, 0.25) is 0 Å². The summed E-state index contributed by atoms with van der Waals surface area (Å²) in [5.74, 6) is -0.202. The van der Waals surface area contributed by atoms with E-state index in [1.807, 2.05) is 0 Å². The van der Waals surface area contributed by atoms with Crippen molar-refractivity contribution in [3.05, 3.63) is 109 Å². The first-order valence-corrected chi connectivity index (χ1v) is 12.6. The van der Waals surface area contributed by atoms with Gasteiger partial charge in [-0.2, -0.15) is 13.2 Å². The number of aliphatic imine (C=N–C) groups is 2. The standard InChI is InChI=1S/C28H27F3N8O3/c1-16(11-35-24-18(3)26(41)39(27(42)38(24)4)15-20-7-5-6-10-33-20)17(2)25(40)37-23-14-32-13-21(36-23)19-8-9-22(34-12-19)28(29,30)31/h5-12,14,32H,13,15H2,1-4H3,(H,37,40)/b17-16-,35-11-. The van der Waals surface area contributed by atoms with Crippen molar-refractivity contribution in [2.75, 3.05) is 6.54 Å². The van der Waals surface area contributed by atoms with Gasteiger partial charge < -0.3 is 10.6 Å². The van der Waals surface area contributed by atoms with Gasteiger partial charge in [-0.25, -0.2) is 14.8 Å². The Kier molecular flexibility index (Phi) is 8.64. The van der Waals surface area contributed by atoms with Gasteiger partial charge in [-0.05, 0) is 50.6 Å². The highest BCUT2D eigenvalue weighted by Gasteiger charge is 2.32. The average molecular weight is 581 g/mol. The molecule has 0 saturated carbocycles. The number of allylic oxidation sites excluding steroid dienone is 1. The Bertz CT molecular complexity index is 1710. The molecule has 4 rings (SSSR count). The zero-order chi connectivity index (χ0) is 30.6. The van der Waals surface area contributed by atoms with Gasteiger partial charge in [0.15, 0.2) is 0 Å². The van der Waals surface area contributed by atoms with Crippen molar-refractivity contribution in [3.63, 3.8) is 0 Å². The van der Waals surface area contributed by atoms with Crippen LogP contribution in [0.1, 0.15) is 36.4 Å².